The van der Waals surface area contributed by atoms with Crippen molar-refractivity contribution in [2.75, 3.05) is 0 Å². The highest BCUT2D eigenvalue weighted by molar-refractivity contribution is 5.83. The van der Waals surface area contributed by atoms with E-state index in [4.69, 9.17) is 0 Å². The first-order valence-electron chi connectivity index (χ1n) is 4.76. The first-order valence-corrected chi connectivity index (χ1v) is 4.76. The van der Waals surface area contributed by atoms with Gasteiger partial charge >= 0.3 is 0 Å². The van der Waals surface area contributed by atoms with E-state index in [1.165, 1.54) is 6.42 Å². The Morgan fingerprint density at radius 2 is 2.17 bits per heavy atom. The largest absolute Gasteiger partial charge is 0.299 e. The summed E-state index contributed by atoms with van der Waals surface area (Å²) in [5.74, 6) is 2.11. The minimum absolute atomic E-state index is 0.0561. The number of rotatable bonds is 1. The van der Waals surface area contributed by atoms with Gasteiger partial charge in [-0.15, -0.1) is 0 Å². The SMILES string of the molecule is CC(=O)[C@]1(C)C2C=CC(C2)[C@H]1C. The summed E-state index contributed by atoms with van der Waals surface area (Å²) in [6.45, 7) is 6.09. The Morgan fingerprint density at radius 1 is 1.50 bits per heavy atom. The molecule has 0 radical (unpaired) electrons. The summed E-state index contributed by atoms with van der Waals surface area (Å²) in [5, 5.41) is 0. The fraction of sp³-hybridized carbons (Fsp3) is 0.727. The van der Waals surface area contributed by atoms with E-state index in [1.807, 2.05) is 0 Å². The highest BCUT2D eigenvalue weighted by Crippen LogP contribution is 2.56. The van der Waals surface area contributed by atoms with Crippen LogP contribution in [-0.2, 0) is 4.79 Å². The van der Waals surface area contributed by atoms with Gasteiger partial charge in [-0.2, -0.15) is 0 Å². The second-order valence-corrected chi connectivity index (χ2v) is 4.52. The molecule has 4 atom stereocenters. The number of ketones is 1. The Morgan fingerprint density at radius 3 is 2.50 bits per heavy atom. The lowest BCUT2D eigenvalue weighted by atomic mass is 9.68. The summed E-state index contributed by atoms with van der Waals surface area (Å²) in [4.78, 5) is 11.5. The first-order chi connectivity index (χ1) is 5.56. The molecule has 0 saturated heterocycles. The fourth-order valence-corrected chi connectivity index (χ4v) is 2.91. The van der Waals surface area contributed by atoms with Crippen LogP contribution in [0.25, 0.3) is 0 Å². The average molecular weight is 164 g/mol. The van der Waals surface area contributed by atoms with Gasteiger partial charge in [0.2, 0.25) is 0 Å². The molecule has 0 spiro atoms. The minimum Gasteiger partial charge on any atom is -0.299 e. The summed E-state index contributed by atoms with van der Waals surface area (Å²) < 4.78 is 0. The third kappa shape index (κ3) is 0.720. The molecule has 0 amide bonds. The van der Waals surface area contributed by atoms with Gasteiger partial charge < -0.3 is 0 Å². The summed E-state index contributed by atoms with van der Waals surface area (Å²) in [6.07, 6.45) is 5.74. The van der Waals surface area contributed by atoms with Crippen LogP contribution in [0.15, 0.2) is 12.2 Å². The highest BCUT2D eigenvalue weighted by Gasteiger charge is 2.53. The molecule has 12 heavy (non-hydrogen) atoms. The van der Waals surface area contributed by atoms with Crippen molar-refractivity contribution in [3.8, 4) is 0 Å². The lowest BCUT2D eigenvalue weighted by Crippen LogP contribution is -2.36. The van der Waals surface area contributed by atoms with Crippen LogP contribution in [0.4, 0.5) is 0 Å². The molecule has 1 nitrogen and oxygen atoms in total. The van der Waals surface area contributed by atoms with Crippen LogP contribution in [0.5, 0.6) is 0 Å². The van der Waals surface area contributed by atoms with Crippen LogP contribution in [0, 0.1) is 23.2 Å². The molecular formula is C11H16O. The van der Waals surface area contributed by atoms with Crippen LogP contribution >= 0.6 is 0 Å². The molecule has 1 saturated carbocycles. The van der Waals surface area contributed by atoms with E-state index < -0.39 is 0 Å². The molecule has 66 valence electrons. The molecule has 2 aliphatic rings. The van der Waals surface area contributed by atoms with Gasteiger partial charge in [-0.25, -0.2) is 0 Å². The average Bonchev–Trinajstić information content (AvgIpc) is 2.55. The van der Waals surface area contributed by atoms with Crippen LogP contribution in [0.2, 0.25) is 0 Å². The zero-order chi connectivity index (χ0) is 8.93. The fourth-order valence-electron chi connectivity index (χ4n) is 2.91. The standard InChI is InChI=1S/C11H16O/c1-7-9-4-5-10(6-9)11(7,3)8(2)12/h4-5,7,9-10H,6H2,1-3H3/t7-,9?,10?,11-/m1/s1. The van der Waals surface area contributed by atoms with Crippen molar-refractivity contribution in [2.45, 2.75) is 27.2 Å². The third-order valence-electron chi connectivity index (χ3n) is 4.23. The molecule has 1 heteroatoms. The number of fused-ring (bicyclic) bond motifs is 2. The Kier molecular flexibility index (Phi) is 1.48. The van der Waals surface area contributed by atoms with Gasteiger partial charge in [-0.1, -0.05) is 26.0 Å². The van der Waals surface area contributed by atoms with Crippen molar-refractivity contribution < 1.29 is 4.79 Å². The zero-order valence-electron chi connectivity index (χ0n) is 8.00. The van der Waals surface area contributed by atoms with Gasteiger partial charge in [-0.3, -0.25) is 4.79 Å². The molecule has 0 aromatic carbocycles. The minimum atomic E-state index is -0.0561. The molecular weight excluding hydrogens is 148 g/mol. The number of hydrogen-bond acceptors (Lipinski definition) is 1. The predicted octanol–water partition coefficient (Wildman–Crippen LogP) is 2.42. The number of carbonyl (C=O) groups excluding carboxylic acids is 1. The molecule has 1 fully saturated rings. The van der Waals surface area contributed by atoms with Gasteiger partial charge in [0, 0.05) is 5.41 Å². The van der Waals surface area contributed by atoms with Gasteiger partial charge in [0.1, 0.15) is 5.78 Å². The maximum atomic E-state index is 11.5. The van der Waals surface area contributed by atoms with E-state index in [9.17, 15) is 4.79 Å². The van der Waals surface area contributed by atoms with Crippen molar-refractivity contribution in [1.29, 1.82) is 0 Å². The molecule has 0 N–H and O–H groups in total. The molecule has 0 heterocycles. The van der Waals surface area contributed by atoms with E-state index in [0.717, 1.165) is 0 Å². The molecule has 0 aromatic heterocycles. The molecule has 2 bridgehead atoms. The first kappa shape index (κ1) is 8.03. The van der Waals surface area contributed by atoms with Gasteiger partial charge in [0.15, 0.2) is 0 Å². The van der Waals surface area contributed by atoms with E-state index in [0.29, 0.717) is 23.5 Å². The highest BCUT2D eigenvalue weighted by atomic mass is 16.1. The van der Waals surface area contributed by atoms with E-state index >= 15 is 0 Å². The Hall–Kier alpha value is -0.590. The van der Waals surface area contributed by atoms with Crippen molar-refractivity contribution in [2.24, 2.45) is 23.2 Å². The molecule has 2 aliphatic carbocycles. The predicted molar refractivity (Wildman–Crippen MR) is 48.7 cm³/mol. The van der Waals surface area contributed by atoms with Crippen LogP contribution in [0.1, 0.15) is 27.2 Å². The van der Waals surface area contributed by atoms with Crippen molar-refractivity contribution in [1.82, 2.24) is 0 Å². The van der Waals surface area contributed by atoms with Crippen LogP contribution < -0.4 is 0 Å². The number of carbonyl (C=O) groups is 1. The number of Topliss-reactive ketones (excluding diaryl/α,β-unsaturated/α-hetero) is 1. The Labute approximate surface area is 73.8 Å². The molecule has 2 unspecified atom stereocenters. The molecule has 0 aliphatic heterocycles. The zero-order valence-corrected chi connectivity index (χ0v) is 8.00. The second kappa shape index (κ2) is 2.21. The van der Waals surface area contributed by atoms with E-state index in [1.54, 1.807) is 6.92 Å². The topological polar surface area (TPSA) is 17.1 Å². The third-order valence-corrected chi connectivity index (χ3v) is 4.23. The number of allylic oxidation sites excluding steroid dienone is 2. The van der Waals surface area contributed by atoms with Crippen LogP contribution in [0.3, 0.4) is 0 Å². The van der Waals surface area contributed by atoms with E-state index in [2.05, 4.69) is 26.0 Å². The number of hydrogen-bond donors (Lipinski definition) is 0. The summed E-state index contributed by atoms with van der Waals surface area (Å²) >= 11 is 0. The summed E-state index contributed by atoms with van der Waals surface area (Å²) in [6, 6.07) is 0. The van der Waals surface area contributed by atoms with Crippen molar-refractivity contribution in [3.05, 3.63) is 12.2 Å². The van der Waals surface area contributed by atoms with E-state index in [-0.39, 0.29) is 5.41 Å². The van der Waals surface area contributed by atoms with Crippen molar-refractivity contribution in [3.63, 3.8) is 0 Å². The summed E-state index contributed by atoms with van der Waals surface area (Å²) in [5.41, 5.74) is -0.0561. The lowest BCUT2D eigenvalue weighted by molar-refractivity contribution is -0.129. The maximum Gasteiger partial charge on any atom is 0.136 e. The van der Waals surface area contributed by atoms with Crippen molar-refractivity contribution >= 4 is 5.78 Å². The Balaban J connectivity index is 2.39. The smallest absolute Gasteiger partial charge is 0.136 e. The second-order valence-electron chi connectivity index (χ2n) is 4.52. The summed E-state index contributed by atoms with van der Waals surface area (Å²) in [7, 11) is 0. The van der Waals surface area contributed by atoms with Crippen LogP contribution in [-0.4, -0.2) is 5.78 Å². The molecule has 0 aromatic rings. The lowest BCUT2D eigenvalue weighted by Gasteiger charge is -2.34. The molecule has 2 rings (SSSR count). The van der Waals surface area contributed by atoms with Gasteiger partial charge in [-0.05, 0) is 31.1 Å². The quantitative estimate of drug-likeness (QED) is 0.544. The maximum absolute atomic E-state index is 11.5. The van der Waals surface area contributed by atoms with Gasteiger partial charge in [0.05, 0.1) is 0 Å². The normalized spacial score (nSPS) is 50.1. The monoisotopic (exact) mass is 164 g/mol. The Bertz CT molecular complexity index is 254. The van der Waals surface area contributed by atoms with Gasteiger partial charge in [0.25, 0.3) is 0 Å².